The molecule has 1 aromatic heterocycles. The van der Waals surface area contributed by atoms with E-state index >= 15 is 0 Å². The molecule has 3 aromatic rings. The van der Waals surface area contributed by atoms with Crippen molar-refractivity contribution in [2.24, 2.45) is 0 Å². The van der Waals surface area contributed by atoms with Gasteiger partial charge in [0.1, 0.15) is 5.75 Å². The molecule has 1 atom stereocenters. The molecule has 0 radical (unpaired) electrons. The third-order valence-corrected chi connectivity index (χ3v) is 4.36. The Bertz CT molecular complexity index is 880. The Labute approximate surface area is 161 Å². The van der Waals surface area contributed by atoms with Gasteiger partial charge >= 0.3 is 0 Å². The number of hydrogen-bond donors (Lipinski definition) is 1. The van der Waals surface area contributed by atoms with Crippen LogP contribution < -0.4 is 10.1 Å². The summed E-state index contributed by atoms with van der Waals surface area (Å²) in [6.07, 6.45) is 5.34. The Kier molecular flexibility index (Phi) is 5.81. The highest BCUT2D eigenvalue weighted by Gasteiger charge is 2.11. The van der Waals surface area contributed by atoms with Crippen LogP contribution in [0.5, 0.6) is 5.75 Å². The van der Waals surface area contributed by atoms with Crippen LogP contribution in [0, 0.1) is 0 Å². The van der Waals surface area contributed by atoms with E-state index in [0.717, 1.165) is 11.3 Å². The highest BCUT2D eigenvalue weighted by molar-refractivity contribution is 6.35. The number of carbonyl (C=O) groups is 1. The van der Waals surface area contributed by atoms with Gasteiger partial charge in [0, 0.05) is 23.1 Å². The number of imidazole rings is 1. The molecule has 2 aromatic carbocycles. The lowest BCUT2D eigenvalue weighted by molar-refractivity contribution is -0.123. The van der Waals surface area contributed by atoms with Gasteiger partial charge in [0.05, 0.1) is 17.4 Å². The van der Waals surface area contributed by atoms with Gasteiger partial charge in [-0.3, -0.25) is 4.79 Å². The molecule has 0 saturated carbocycles. The van der Waals surface area contributed by atoms with Crippen molar-refractivity contribution >= 4 is 29.1 Å². The molecule has 1 heterocycles. The van der Waals surface area contributed by atoms with Crippen molar-refractivity contribution in [2.45, 2.75) is 13.0 Å². The molecule has 0 spiro atoms. The molecule has 26 heavy (non-hydrogen) atoms. The second-order valence-corrected chi connectivity index (χ2v) is 6.56. The lowest BCUT2D eigenvalue weighted by atomic mass is 10.1. The molecule has 0 aliphatic carbocycles. The van der Waals surface area contributed by atoms with Gasteiger partial charge in [0.2, 0.25) is 0 Å². The first-order chi connectivity index (χ1) is 12.5. The second-order valence-electron chi connectivity index (χ2n) is 5.71. The van der Waals surface area contributed by atoms with E-state index in [1.807, 2.05) is 42.0 Å². The van der Waals surface area contributed by atoms with Gasteiger partial charge in [-0.15, -0.1) is 0 Å². The van der Waals surface area contributed by atoms with Crippen LogP contribution >= 0.6 is 23.2 Å². The monoisotopic (exact) mass is 389 g/mol. The highest BCUT2D eigenvalue weighted by atomic mass is 35.5. The Morgan fingerprint density at radius 3 is 2.65 bits per heavy atom. The Morgan fingerprint density at radius 1 is 1.23 bits per heavy atom. The molecule has 0 fully saturated rings. The number of nitrogens with zero attached hydrogens (tertiary/aromatic N) is 2. The van der Waals surface area contributed by atoms with Crippen molar-refractivity contribution in [3.8, 4) is 11.4 Å². The SMILES string of the molecule is CC(NC(=O)COc1ccc(Cl)cc1Cl)c1ccc(-n2ccnc2)cc1. The topological polar surface area (TPSA) is 56.1 Å². The van der Waals surface area contributed by atoms with Crippen LogP contribution in [0.4, 0.5) is 0 Å². The zero-order valence-electron chi connectivity index (χ0n) is 14.0. The minimum atomic E-state index is -0.234. The van der Waals surface area contributed by atoms with E-state index in [-0.39, 0.29) is 18.6 Å². The molecule has 0 aliphatic rings. The molecule has 5 nitrogen and oxygen atoms in total. The van der Waals surface area contributed by atoms with Crippen LogP contribution in [0.2, 0.25) is 10.0 Å². The lowest BCUT2D eigenvalue weighted by Gasteiger charge is -2.15. The van der Waals surface area contributed by atoms with Gasteiger partial charge in [0.25, 0.3) is 5.91 Å². The molecule has 1 N–H and O–H groups in total. The standard InChI is InChI=1S/C19H17Cl2N3O2/c1-13(14-2-5-16(6-3-14)24-9-8-22-12-24)23-19(25)11-26-18-7-4-15(20)10-17(18)21/h2-10,12-13H,11H2,1H3,(H,23,25). The number of aromatic nitrogens is 2. The summed E-state index contributed by atoms with van der Waals surface area (Å²) in [6, 6.07) is 12.6. The zero-order valence-corrected chi connectivity index (χ0v) is 15.5. The molecular weight excluding hydrogens is 373 g/mol. The summed E-state index contributed by atoms with van der Waals surface area (Å²) in [5.74, 6) is 0.186. The van der Waals surface area contributed by atoms with Crippen LogP contribution in [0.3, 0.4) is 0 Å². The third kappa shape index (κ3) is 4.56. The van der Waals surface area contributed by atoms with Crippen molar-refractivity contribution in [3.05, 3.63) is 76.8 Å². The number of amides is 1. The maximum absolute atomic E-state index is 12.1. The molecule has 1 unspecified atom stereocenters. The molecule has 7 heteroatoms. The van der Waals surface area contributed by atoms with Crippen LogP contribution in [0.1, 0.15) is 18.5 Å². The number of ether oxygens (including phenoxy) is 1. The maximum Gasteiger partial charge on any atom is 0.258 e. The summed E-state index contributed by atoms with van der Waals surface area (Å²) < 4.78 is 7.36. The average Bonchev–Trinajstić information content (AvgIpc) is 3.16. The van der Waals surface area contributed by atoms with Crippen molar-refractivity contribution in [2.75, 3.05) is 6.61 Å². The second kappa shape index (κ2) is 8.25. The van der Waals surface area contributed by atoms with Crippen LogP contribution in [-0.4, -0.2) is 22.1 Å². The Hall–Kier alpha value is -2.50. The van der Waals surface area contributed by atoms with Gasteiger partial charge in [-0.25, -0.2) is 4.98 Å². The lowest BCUT2D eigenvalue weighted by Crippen LogP contribution is -2.31. The molecular formula is C19H17Cl2N3O2. The van der Waals surface area contributed by atoms with Crippen molar-refractivity contribution < 1.29 is 9.53 Å². The van der Waals surface area contributed by atoms with E-state index in [1.54, 1.807) is 30.7 Å². The van der Waals surface area contributed by atoms with Crippen molar-refractivity contribution in [1.29, 1.82) is 0 Å². The molecule has 3 rings (SSSR count). The van der Waals surface area contributed by atoms with E-state index in [4.69, 9.17) is 27.9 Å². The number of rotatable bonds is 6. The van der Waals surface area contributed by atoms with Crippen LogP contribution in [0.25, 0.3) is 5.69 Å². The average molecular weight is 390 g/mol. The predicted molar refractivity (Wildman–Crippen MR) is 102 cm³/mol. The quantitative estimate of drug-likeness (QED) is 0.677. The summed E-state index contributed by atoms with van der Waals surface area (Å²) in [5.41, 5.74) is 2.00. The summed E-state index contributed by atoms with van der Waals surface area (Å²) in [5, 5.41) is 3.78. The third-order valence-electron chi connectivity index (χ3n) is 3.83. The summed E-state index contributed by atoms with van der Waals surface area (Å²) in [4.78, 5) is 16.1. The smallest absolute Gasteiger partial charge is 0.258 e. The van der Waals surface area contributed by atoms with Gasteiger partial charge in [0.15, 0.2) is 6.61 Å². The molecule has 1 amide bonds. The van der Waals surface area contributed by atoms with E-state index in [0.29, 0.717) is 15.8 Å². The highest BCUT2D eigenvalue weighted by Crippen LogP contribution is 2.27. The van der Waals surface area contributed by atoms with Gasteiger partial charge in [-0.05, 0) is 42.8 Å². The van der Waals surface area contributed by atoms with E-state index in [1.165, 1.54) is 0 Å². The fourth-order valence-corrected chi connectivity index (χ4v) is 2.91. The Balaban J connectivity index is 1.55. The summed E-state index contributed by atoms with van der Waals surface area (Å²) in [7, 11) is 0. The molecule has 0 saturated heterocycles. The number of nitrogens with one attached hydrogen (secondary N) is 1. The first-order valence-corrected chi connectivity index (χ1v) is 8.74. The molecule has 134 valence electrons. The van der Waals surface area contributed by atoms with Crippen LogP contribution in [0.15, 0.2) is 61.2 Å². The van der Waals surface area contributed by atoms with Crippen LogP contribution in [-0.2, 0) is 4.79 Å². The summed E-state index contributed by atoms with van der Waals surface area (Å²) >= 11 is 11.9. The largest absolute Gasteiger partial charge is 0.482 e. The number of carbonyl (C=O) groups excluding carboxylic acids is 1. The van der Waals surface area contributed by atoms with Crippen molar-refractivity contribution in [3.63, 3.8) is 0 Å². The Morgan fingerprint density at radius 2 is 2.00 bits per heavy atom. The number of halogens is 2. The maximum atomic E-state index is 12.1. The normalized spacial score (nSPS) is 11.8. The predicted octanol–water partition coefficient (Wildman–Crippen LogP) is 4.44. The molecule has 0 aliphatic heterocycles. The molecule has 0 bridgehead atoms. The zero-order chi connectivity index (χ0) is 18.5. The fourth-order valence-electron chi connectivity index (χ4n) is 2.45. The fraction of sp³-hybridized carbons (Fsp3) is 0.158. The summed E-state index contributed by atoms with van der Waals surface area (Å²) in [6.45, 7) is 1.79. The van der Waals surface area contributed by atoms with E-state index in [9.17, 15) is 4.79 Å². The van der Waals surface area contributed by atoms with Crippen molar-refractivity contribution in [1.82, 2.24) is 14.9 Å². The first kappa shape index (κ1) is 18.3. The van der Waals surface area contributed by atoms with E-state index in [2.05, 4.69) is 10.3 Å². The van der Waals surface area contributed by atoms with Gasteiger partial charge < -0.3 is 14.6 Å². The number of benzene rings is 2. The number of hydrogen-bond acceptors (Lipinski definition) is 3. The first-order valence-electron chi connectivity index (χ1n) is 7.98. The minimum absolute atomic E-state index is 0.126. The minimum Gasteiger partial charge on any atom is -0.482 e. The van der Waals surface area contributed by atoms with Gasteiger partial charge in [-0.2, -0.15) is 0 Å². The van der Waals surface area contributed by atoms with Gasteiger partial charge in [-0.1, -0.05) is 35.3 Å². The van der Waals surface area contributed by atoms with E-state index < -0.39 is 0 Å².